The summed E-state index contributed by atoms with van der Waals surface area (Å²) in [7, 11) is 0. The molecule has 0 bridgehead atoms. The summed E-state index contributed by atoms with van der Waals surface area (Å²) in [5.74, 6) is 2.75. The van der Waals surface area contributed by atoms with Crippen LogP contribution in [0.25, 0.3) is 0 Å². The molecule has 0 radical (unpaired) electrons. The Morgan fingerprint density at radius 1 is 1.44 bits per heavy atom. The van der Waals surface area contributed by atoms with Gasteiger partial charge in [0.2, 0.25) is 0 Å². The molecule has 100 valence electrons. The highest BCUT2D eigenvalue weighted by atomic mass is 35.5. The van der Waals surface area contributed by atoms with Crippen LogP contribution in [0.15, 0.2) is 6.07 Å². The molecule has 18 heavy (non-hydrogen) atoms. The van der Waals surface area contributed by atoms with E-state index in [4.69, 9.17) is 16.3 Å². The third kappa shape index (κ3) is 4.42. The summed E-state index contributed by atoms with van der Waals surface area (Å²) < 4.78 is 5.50. The van der Waals surface area contributed by atoms with Gasteiger partial charge in [-0.2, -0.15) is 0 Å². The Morgan fingerprint density at radius 3 is 2.89 bits per heavy atom. The Bertz CT molecular complexity index is 394. The number of rotatable bonds is 7. The summed E-state index contributed by atoms with van der Waals surface area (Å²) >= 11 is 5.98. The molecule has 1 aliphatic rings. The standard InChI is InChI=1S/C13H20ClN3O/c1-9(2)8-18-6-5-15-12-7-11(14)16-13(17-12)10-3-4-10/h7,9-10H,3-6,8H2,1-2H3,(H,15,16,17). The van der Waals surface area contributed by atoms with Crippen molar-refractivity contribution in [1.29, 1.82) is 0 Å². The first kappa shape index (κ1) is 13.6. The fourth-order valence-corrected chi connectivity index (χ4v) is 1.81. The molecule has 0 aromatic carbocycles. The molecular weight excluding hydrogens is 250 g/mol. The van der Waals surface area contributed by atoms with Gasteiger partial charge in [-0.3, -0.25) is 0 Å². The molecule has 1 heterocycles. The molecule has 0 spiro atoms. The highest BCUT2D eigenvalue weighted by molar-refractivity contribution is 6.29. The first-order valence-electron chi connectivity index (χ1n) is 6.51. The van der Waals surface area contributed by atoms with Gasteiger partial charge in [-0.05, 0) is 18.8 Å². The Hall–Kier alpha value is -0.870. The minimum atomic E-state index is 0.512. The highest BCUT2D eigenvalue weighted by Crippen LogP contribution is 2.38. The second kappa shape index (κ2) is 6.34. The van der Waals surface area contributed by atoms with Gasteiger partial charge in [0.15, 0.2) is 0 Å². The topological polar surface area (TPSA) is 47.0 Å². The van der Waals surface area contributed by atoms with Crippen LogP contribution in [0.3, 0.4) is 0 Å². The minimum Gasteiger partial charge on any atom is -0.379 e. The van der Waals surface area contributed by atoms with Crippen molar-refractivity contribution in [2.75, 3.05) is 25.1 Å². The number of aromatic nitrogens is 2. The van der Waals surface area contributed by atoms with Crippen molar-refractivity contribution in [2.24, 2.45) is 5.92 Å². The van der Waals surface area contributed by atoms with Crippen molar-refractivity contribution in [1.82, 2.24) is 9.97 Å². The van der Waals surface area contributed by atoms with Crippen molar-refractivity contribution < 1.29 is 4.74 Å². The van der Waals surface area contributed by atoms with Crippen molar-refractivity contribution >= 4 is 17.4 Å². The molecule has 1 fully saturated rings. The number of halogens is 1. The number of hydrogen-bond acceptors (Lipinski definition) is 4. The zero-order valence-corrected chi connectivity index (χ0v) is 11.7. The summed E-state index contributed by atoms with van der Waals surface area (Å²) in [6.07, 6.45) is 2.36. The van der Waals surface area contributed by atoms with Crippen LogP contribution in [0.1, 0.15) is 38.4 Å². The number of nitrogens with zero attached hydrogens (tertiary/aromatic N) is 2. The number of anilines is 1. The Balaban J connectivity index is 1.78. The molecule has 5 heteroatoms. The van der Waals surface area contributed by atoms with Crippen LogP contribution in [0.5, 0.6) is 0 Å². The van der Waals surface area contributed by atoms with Crippen LogP contribution in [0, 0.1) is 5.92 Å². The van der Waals surface area contributed by atoms with Crippen LogP contribution < -0.4 is 5.32 Å². The van der Waals surface area contributed by atoms with E-state index in [1.807, 2.05) is 0 Å². The average Bonchev–Trinajstić information content (AvgIpc) is 3.11. The molecule has 0 saturated heterocycles. The van der Waals surface area contributed by atoms with Crippen molar-refractivity contribution in [2.45, 2.75) is 32.6 Å². The normalized spacial score (nSPS) is 15.1. The summed E-state index contributed by atoms with van der Waals surface area (Å²) in [5.41, 5.74) is 0. The Morgan fingerprint density at radius 2 is 2.22 bits per heavy atom. The lowest BCUT2D eigenvalue weighted by molar-refractivity contribution is 0.118. The van der Waals surface area contributed by atoms with Crippen LogP contribution in [0.2, 0.25) is 5.15 Å². The molecule has 1 aromatic rings. The first-order chi connectivity index (χ1) is 8.65. The van der Waals surface area contributed by atoms with E-state index in [0.29, 0.717) is 23.6 Å². The maximum absolute atomic E-state index is 5.98. The fourth-order valence-electron chi connectivity index (χ4n) is 1.62. The lowest BCUT2D eigenvalue weighted by Crippen LogP contribution is -2.13. The molecule has 1 saturated carbocycles. The highest BCUT2D eigenvalue weighted by Gasteiger charge is 2.27. The second-order valence-corrected chi connectivity index (χ2v) is 5.49. The van der Waals surface area contributed by atoms with E-state index in [1.165, 1.54) is 12.8 Å². The van der Waals surface area contributed by atoms with Crippen LogP contribution in [-0.4, -0.2) is 29.7 Å². The van der Waals surface area contributed by atoms with Crippen LogP contribution >= 0.6 is 11.6 Å². The van der Waals surface area contributed by atoms with Gasteiger partial charge in [-0.1, -0.05) is 25.4 Å². The molecule has 0 unspecified atom stereocenters. The van der Waals surface area contributed by atoms with E-state index in [2.05, 4.69) is 29.1 Å². The van der Waals surface area contributed by atoms with Crippen molar-refractivity contribution in [3.63, 3.8) is 0 Å². The van der Waals surface area contributed by atoms with E-state index >= 15 is 0 Å². The number of ether oxygens (including phenoxy) is 1. The van der Waals surface area contributed by atoms with E-state index in [1.54, 1.807) is 6.07 Å². The molecular formula is C13H20ClN3O. The number of hydrogen-bond donors (Lipinski definition) is 1. The molecule has 1 aromatic heterocycles. The SMILES string of the molecule is CC(C)COCCNc1cc(Cl)nc(C2CC2)n1. The lowest BCUT2D eigenvalue weighted by Gasteiger charge is -2.09. The largest absolute Gasteiger partial charge is 0.379 e. The van der Waals surface area contributed by atoms with Gasteiger partial charge in [-0.25, -0.2) is 9.97 Å². The first-order valence-corrected chi connectivity index (χ1v) is 6.89. The van der Waals surface area contributed by atoms with Gasteiger partial charge in [0.05, 0.1) is 6.61 Å². The average molecular weight is 270 g/mol. The molecule has 0 atom stereocenters. The maximum atomic E-state index is 5.98. The summed E-state index contributed by atoms with van der Waals surface area (Å²) in [6, 6.07) is 1.76. The van der Waals surface area contributed by atoms with Gasteiger partial charge in [-0.15, -0.1) is 0 Å². The predicted octanol–water partition coefficient (Wildman–Crippen LogP) is 3.09. The Labute approximate surface area is 113 Å². The summed E-state index contributed by atoms with van der Waals surface area (Å²) in [4.78, 5) is 8.71. The van der Waals surface area contributed by atoms with Crippen molar-refractivity contribution in [3.8, 4) is 0 Å². The van der Waals surface area contributed by atoms with Gasteiger partial charge >= 0.3 is 0 Å². The van der Waals surface area contributed by atoms with Crippen LogP contribution in [-0.2, 0) is 4.74 Å². The maximum Gasteiger partial charge on any atom is 0.135 e. The quantitative estimate of drug-likeness (QED) is 0.610. The minimum absolute atomic E-state index is 0.512. The van der Waals surface area contributed by atoms with Crippen LogP contribution in [0.4, 0.5) is 5.82 Å². The van der Waals surface area contributed by atoms with Crippen molar-refractivity contribution in [3.05, 3.63) is 17.0 Å². The van der Waals surface area contributed by atoms with E-state index in [-0.39, 0.29) is 0 Å². The smallest absolute Gasteiger partial charge is 0.135 e. The molecule has 0 amide bonds. The molecule has 0 aliphatic heterocycles. The molecule has 1 aliphatic carbocycles. The van der Waals surface area contributed by atoms with Gasteiger partial charge in [0.25, 0.3) is 0 Å². The van der Waals surface area contributed by atoms with E-state index in [0.717, 1.165) is 24.8 Å². The second-order valence-electron chi connectivity index (χ2n) is 5.10. The summed E-state index contributed by atoms with van der Waals surface area (Å²) in [5, 5.41) is 3.73. The Kier molecular flexibility index (Phi) is 4.78. The number of nitrogens with one attached hydrogen (secondary N) is 1. The fraction of sp³-hybridized carbons (Fsp3) is 0.692. The van der Waals surface area contributed by atoms with E-state index in [9.17, 15) is 0 Å². The zero-order valence-electron chi connectivity index (χ0n) is 10.9. The third-order valence-electron chi connectivity index (χ3n) is 2.66. The van der Waals surface area contributed by atoms with Gasteiger partial charge in [0.1, 0.15) is 16.8 Å². The van der Waals surface area contributed by atoms with E-state index < -0.39 is 0 Å². The zero-order chi connectivity index (χ0) is 13.0. The van der Waals surface area contributed by atoms with Gasteiger partial charge in [0, 0.05) is 25.1 Å². The molecule has 1 N–H and O–H groups in total. The summed E-state index contributed by atoms with van der Waals surface area (Å²) in [6.45, 7) is 6.49. The lowest BCUT2D eigenvalue weighted by atomic mass is 10.2. The van der Waals surface area contributed by atoms with Gasteiger partial charge < -0.3 is 10.1 Å². The third-order valence-corrected chi connectivity index (χ3v) is 2.85. The molecule has 2 rings (SSSR count). The predicted molar refractivity (Wildman–Crippen MR) is 73.2 cm³/mol. The monoisotopic (exact) mass is 269 g/mol. The molecule has 4 nitrogen and oxygen atoms in total.